The highest BCUT2D eigenvalue weighted by molar-refractivity contribution is 9.10. The third kappa shape index (κ3) is 3.38. The number of benzene rings is 1. The summed E-state index contributed by atoms with van der Waals surface area (Å²) in [5.74, 6) is 2.75. The average Bonchev–Trinajstić information content (AvgIpc) is 3.29. The minimum absolute atomic E-state index is 0.0423. The molecule has 2 aliphatic rings. The van der Waals surface area contributed by atoms with Gasteiger partial charge in [0.15, 0.2) is 6.61 Å². The molecule has 0 N–H and O–H groups in total. The number of esters is 1. The number of fused-ring (bicyclic) bond motifs is 2. The molecular formula is C18H19BrN2O3. The predicted octanol–water partition coefficient (Wildman–Crippen LogP) is 4.37. The van der Waals surface area contributed by atoms with Crippen LogP contribution in [0.4, 0.5) is 0 Å². The fourth-order valence-electron chi connectivity index (χ4n) is 4.10. The summed E-state index contributed by atoms with van der Waals surface area (Å²) in [5, 5.41) is 3.94. The Morgan fingerprint density at radius 3 is 3.00 bits per heavy atom. The molecule has 0 unspecified atom stereocenters. The molecule has 0 saturated heterocycles. The lowest BCUT2D eigenvalue weighted by atomic mass is 9.86. The van der Waals surface area contributed by atoms with Crippen molar-refractivity contribution in [3.63, 3.8) is 0 Å². The van der Waals surface area contributed by atoms with Crippen molar-refractivity contribution in [1.29, 1.82) is 0 Å². The highest BCUT2D eigenvalue weighted by Gasteiger charge is 2.40. The first kappa shape index (κ1) is 15.8. The number of halogens is 1. The predicted molar refractivity (Wildman–Crippen MR) is 90.8 cm³/mol. The van der Waals surface area contributed by atoms with Gasteiger partial charge in [-0.25, -0.2) is 0 Å². The van der Waals surface area contributed by atoms with Gasteiger partial charge in [-0.15, -0.1) is 0 Å². The number of rotatable bonds is 5. The first-order chi connectivity index (χ1) is 11.7. The molecule has 4 rings (SSSR count). The van der Waals surface area contributed by atoms with E-state index in [1.54, 1.807) is 0 Å². The molecule has 126 valence electrons. The van der Waals surface area contributed by atoms with E-state index < -0.39 is 0 Å². The second-order valence-electron chi connectivity index (χ2n) is 6.82. The highest BCUT2D eigenvalue weighted by Crippen LogP contribution is 2.49. The molecule has 0 amide bonds. The molecule has 6 heteroatoms. The molecule has 2 saturated carbocycles. The van der Waals surface area contributed by atoms with Crippen molar-refractivity contribution in [3.8, 4) is 11.4 Å². The van der Waals surface area contributed by atoms with Crippen molar-refractivity contribution in [1.82, 2.24) is 10.1 Å². The summed E-state index contributed by atoms with van der Waals surface area (Å²) in [6.45, 7) is 0.0423. The molecular weight excluding hydrogens is 372 g/mol. The molecule has 1 aromatic heterocycles. The lowest BCUT2D eigenvalue weighted by Gasteiger charge is -2.20. The Kier molecular flexibility index (Phi) is 4.39. The third-order valence-electron chi connectivity index (χ3n) is 5.22. The quantitative estimate of drug-likeness (QED) is 0.709. The Morgan fingerprint density at radius 2 is 2.25 bits per heavy atom. The van der Waals surface area contributed by atoms with E-state index in [1.165, 1.54) is 25.7 Å². The maximum Gasteiger partial charge on any atom is 0.306 e. The van der Waals surface area contributed by atoms with Crippen LogP contribution in [0.3, 0.4) is 0 Å². The minimum atomic E-state index is -0.158. The van der Waals surface area contributed by atoms with Crippen LogP contribution >= 0.6 is 15.9 Å². The SMILES string of the molecule is O=C(C[C@H]1C[C@H]2CC[C@@H]1C2)OCc1nc(-c2cccc(Br)c2)no1. The van der Waals surface area contributed by atoms with Gasteiger partial charge in [0.05, 0.1) is 0 Å². The van der Waals surface area contributed by atoms with Gasteiger partial charge >= 0.3 is 5.97 Å². The van der Waals surface area contributed by atoms with E-state index in [2.05, 4.69) is 26.1 Å². The molecule has 24 heavy (non-hydrogen) atoms. The van der Waals surface area contributed by atoms with Crippen molar-refractivity contribution in [2.75, 3.05) is 0 Å². The van der Waals surface area contributed by atoms with E-state index in [-0.39, 0.29) is 12.6 Å². The van der Waals surface area contributed by atoms with Crippen molar-refractivity contribution in [2.45, 2.75) is 38.7 Å². The van der Waals surface area contributed by atoms with E-state index in [0.717, 1.165) is 21.9 Å². The molecule has 0 radical (unpaired) electrons. The molecule has 2 aromatic rings. The average molecular weight is 391 g/mol. The lowest BCUT2D eigenvalue weighted by molar-refractivity contribution is -0.147. The smallest absolute Gasteiger partial charge is 0.306 e. The van der Waals surface area contributed by atoms with Crippen LogP contribution in [0, 0.1) is 17.8 Å². The van der Waals surface area contributed by atoms with Gasteiger partial charge in [-0.2, -0.15) is 4.98 Å². The number of hydrogen-bond acceptors (Lipinski definition) is 5. The Morgan fingerprint density at radius 1 is 1.33 bits per heavy atom. The summed E-state index contributed by atoms with van der Waals surface area (Å²) in [6, 6.07) is 7.66. The highest BCUT2D eigenvalue weighted by atomic mass is 79.9. The topological polar surface area (TPSA) is 65.2 Å². The van der Waals surface area contributed by atoms with Crippen molar-refractivity contribution in [3.05, 3.63) is 34.6 Å². The van der Waals surface area contributed by atoms with Gasteiger partial charge in [0.2, 0.25) is 5.82 Å². The molecule has 5 nitrogen and oxygen atoms in total. The first-order valence-electron chi connectivity index (χ1n) is 8.41. The molecule has 2 aliphatic carbocycles. The lowest BCUT2D eigenvalue weighted by Crippen LogP contribution is -2.17. The van der Waals surface area contributed by atoms with Crippen LogP contribution in [0.5, 0.6) is 0 Å². The Bertz CT molecular complexity index is 745. The maximum absolute atomic E-state index is 12.1. The monoisotopic (exact) mass is 390 g/mol. The second-order valence-corrected chi connectivity index (χ2v) is 7.74. The maximum atomic E-state index is 12.1. The van der Waals surface area contributed by atoms with Crippen LogP contribution in [0.15, 0.2) is 33.3 Å². The number of nitrogens with zero attached hydrogens (tertiary/aromatic N) is 2. The van der Waals surface area contributed by atoms with Crippen molar-refractivity contribution in [2.24, 2.45) is 17.8 Å². The Hall–Kier alpha value is -1.69. The zero-order valence-corrected chi connectivity index (χ0v) is 14.9. The van der Waals surface area contributed by atoms with Gasteiger partial charge in [0.1, 0.15) is 0 Å². The Labute approximate surface area is 148 Å². The normalized spacial score (nSPS) is 25.1. The number of carbonyl (C=O) groups excluding carboxylic acids is 1. The fraction of sp³-hybridized carbons (Fsp3) is 0.500. The minimum Gasteiger partial charge on any atom is -0.456 e. The standard InChI is InChI=1S/C18H19BrN2O3/c19-15-3-1-2-13(8-15)18-20-16(24-21-18)10-23-17(22)9-14-7-11-4-5-12(14)6-11/h1-3,8,11-12,14H,4-7,9-10H2/t11-,12+,14+/m0/s1. The van der Waals surface area contributed by atoms with Crippen LogP contribution in [-0.2, 0) is 16.1 Å². The van der Waals surface area contributed by atoms with E-state index >= 15 is 0 Å². The molecule has 0 spiro atoms. The van der Waals surface area contributed by atoms with Crippen molar-refractivity contribution < 1.29 is 14.1 Å². The van der Waals surface area contributed by atoms with Crippen LogP contribution < -0.4 is 0 Å². The van der Waals surface area contributed by atoms with Gasteiger partial charge in [0, 0.05) is 16.5 Å². The number of carbonyl (C=O) groups is 1. The summed E-state index contributed by atoms with van der Waals surface area (Å²) in [6.07, 6.45) is 5.64. The van der Waals surface area contributed by atoms with Gasteiger partial charge in [-0.05, 0) is 49.1 Å². The van der Waals surface area contributed by atoms with Crippen LogP contribution in [0.2, 0.25) is 0 Å². The van der Waals surface area contributed by atoms with E-state index in [0.29, 0.717) is 24.1 Å². The second kappa shape index (κ2) is 6.67. The zero-order valence-electron chi connectivity index (χ0n) is 13.3. The van der Waals surface area contributed by atoms with E-state index in [1.807, 2.05) is 24.3 Å². The van der Waals surface area contributed by atoms with Crippen LogP contribution in [-0.4, -0.2) is 16.1 Å². The fourth-order valence-corrected chi connectivity index (χ4v) is 4.50. The van der Waals surface area contributed by atoms with Crippen LogP contribution in [0.1, 0.15) is 38.0 Å². The first-order valence-corrected chi connectivity index (χ1v) is 9.21. The number of aromatic nitrogens is 2. The van der Waals surface area contributed by atoms with Gasteiger partial charge in [-0.1, -0.05) is 39.6 Å². The third-order valence-corrected chi connectivity index (χ3v) is 5.71. The van der Waals surface area contributed by atoms with E-state index in [4.69, 9.17) is 9.26 Å². The molecule has 2 bridgehead atoms. The van der Waals surface area contributed by atoms with Crippen LogP contribution in [0.25, 0.3) is 11.4 Å². The van der Waals surface area contributed by atoms with E-state index in [9.17, 15) is 4.79 Å². The molecule has 2 fully saturated rings. The molecule has 1 aromatic carbocycles. The summed E-state index contributed by atoms with van der Waals surface area (Å²) in [5.41, 5.74) is 0.854. The summed E-state index contributed by atoms with van der Waals surface area (Å²) in [4.78, 5) is 16.3. The summed E-state index contributed by atoms with van der Waals surface area (Å²) < 4.78 is 11.4. The number of hydrogen-bond donors (Lipinski definition) is 0. The Balaban J connectivity index is 1.31. The summed E-state index contributed by atoms with van der Waals surface area (Å²) >= 11 is 3.42. The molecule has 0 aliphatic heterocycles. The summed E-state index contributed by atoms with van der Waals surface area (Å²) in [7, 11) is 0. The van der Waals surface area contributed by atoms with Gasteiger partial charge in [-0.3, -0.25) is 4.79 Å². The molecule has 3 atom stereocenters. The number of ether oxygens (including phenoxy) is 1. The van der Waals surface area contributed by atoms with Crippen molar-refractivity contribution >= 4 is 21.9 Å². The van der Waals surface area contributed by atoms with Gasteiger partial charge in [0.25, 0.3) is 5.89 Å². The zero-order chi connectivity index (χ0) is 16.5. The largest absolute Gasteiger partial charge is 0.456 e. The molecule has 1 heterocycles. The van der Waals surface area contributed by atoms with Gasteiger partial charge < -0.3 is 9.26 Å².